The molecule has 3 nitrogen and oxygen atoms in total. The Hall–Kier alpha value is -2.03. The van der Waals surface area contributed by atoms with Crippen LogP contribution in [-0.2, 0) is 0 Å². The van der Waals surface area contributed by atoms with Crippen LogP contribution in [0.15, 0.2) is 39.6 Å². The van der Waals surface area contributed by atoms with Crippen molar-refractivity contribution in [3.05, 3.63) is 51.4 Å². The molecule has 0 atom stereocenters. The summed E-state index contributed by atoms with van der Waals surface area (Å²) in [4.78, 5) is 11.3. The first-order valence-corrected chi connectivity index (χ1v) is 5.63. The van der Waals surface area contributed by atoms with Gasteiger partial charge in [-0.2, -0.15) is 0 Å². The lowest BCUT2D eigenvalue weighted by atomic mass is 10.1. The molecule has 0 aromatic carbocycles. The maximum Gasteiger partial charge on any atom is 0.339 e. The molecule has 0 saturated carbocycles. The maximum absolute atomic E-state index is 11.3. The Morgan fingerprint density at radius 1 is 1.29 bits per heavy atom. The van der Waals surface area contributed by atoms with Crippen LogP contribution in [0.3, 0.4) is 0 Å². The molecule has 1 heterocycles. The lowest BCUT2D eigenvalue weighted by molar-refractivity contribution is 0.423. The Balaban J connectivity index is 2.91. The van der Waals surface area contributed by atoms with Crippen LogP contribution >= 0.6 is 0 Å². The van der Waals surface area contributed by atoms with Gasteiger partial charge in [0.25, 0.3) is 0 Å². The number of hydrogen-bond acceptors (Lipinski definition) is 3. The molecule has 0 saturated heterocycles. The van der Waals surface area contributed by atoms with Gasteiger partial charge in [0.1, 0.15) is 11.2 Å². The Morgan fingerprint density at radius 3 is 2.88 bits per heavy atom. The molecule has 3 heteroatoms. The van der Waals surface area contributed by atoms with Crippen molar-refractivity contribution in [3.63, 3.8) is 0 Å². The quantitative estimate of drug-likeness (QED) is 0.830. The molecule has 1 aliphatic carbocycles. The minimum Gasteiger partial charge on any atom is -0.507 e. The standard InChI is InChI=1S/C14H14O3/c1-2-6-10-7-4-3-5-8-11-12(15)9-13(16)17-14(10)11/h3-5,7-9,15H,2,6H2,1H3/b4-3?,5-3-,7-4-,8-5?,10-7?,11-8-,14-10?. The smallest absolute Gasteiger partial charge is 0.339 e. The fourth-order valence-corrected chi connectivity index (χ4v) is 1.82. The Morgan fingerprint density at radius 2 is 2.12 bits per heavy atom. The van der Waals surface area contributed by atoms with Gasteiger partial charge < -0.3 is 9.52 Å². The number of fused-ring (bicyclic) bond motifs is 1. The SMILES string of the molecule is CCCC1=c2oc(=O)cc(O)/c2=C/C=C\C=C/1. The van der Waals surface area contributed by atoms with E-state index >= 15 is 0 Å². The Labute approximate surface area is 98.7 Å². The molecule has 2 rings (SSSR count). The van der Waals surface area contributed by atoms with Gasteiger partial charge in [0.2, 0.25) is 0 Å². The van der Waals surface area contributed by atoms with Crippen molar-refractivity contribution in [1.29, 1.82) is 0 Å². The molecular weight excluding hydrogens is 216 g/mol. The second-order valence-electron chi connectivity index (χ2n) is 3.88. The van der Waals surface area contributed by atoms with Gasteiger partial charge in [-0.3, -0.25) is 0 Å². The molecule has 0 bridgehead atoms. The first kappa shape index (κ1) is 11.5. The molecule has 0 spiro atoms. The van der Waals surface area contributed by atoms with E-state index < -0.39 is 5.63 Å². The van der Waals surface area contributed by atoms with E-state index in [1.165, 1.54) is 0 Å². The van der Waals surface area contributed by atoms with E-state index in [4.69, 9.17) is 4.42 Å². The van der Waals surface area contributed by atoms with Crippen molar-refractivity contribution in [2.45, 2.75) is 19.8 Å². The second kappa shape index (κ2) is 4.87. The van der Waals surface area contributed by atoms with E-state index in [0.717, 1.165) is 24.5 Å². The average Bonchev–Trinajstić information content (AvgIpc) is 2.26. The fourth-order valence-electron chi connectivity index (χ4n) is 1.82. The van der Waals surface area contributed by atoms with E-state index in [0.29, 0.717) is 10.6 Å². The van der Waals surface area contributed by atoms with Crippen molar-refractivity contribution in [3.8, 4) is 5.75 Å². The predicted molar refractivity (Wildman–Crippen MR) is 67.0 cm³/mol. The fraction of sp³-hybridized carbons (Fsp3) is 0.214. The van der Waals surface area contributed by atoms with Crippen molar-refractivity contribution >= 4 is 11.6 Å². The molecule has 0 radical (unpaired) electrons. The molecule has 0 fully saturated rings. The van der Waals surface area contributed by atoms with Crippen molar-refractivity contribution < 1.29 is 9.52 Å². The first-order valence-electron chi connectivity index (χ1n) is 5.63. The van der Waals surface area contributed by atoms with Crippen LogP contribution in [0.2, 0.25) is 0 Å². The summed E-state index contributed by atoms with van der Waals surface area (Å²) in [6, 6.07) is 1.10. The molecule has 1 N–H and O–H groups in total. The van der Waals surface area contributed by atoms with Crippen LogP contribution in [-0.4, -0.2) is 5.11 Å². The van der Waals surface area contributed by atoms with Gasteiger partial charge in [-0.05, 0) is 18.1 Å². The molecular formula is C14H14O3. The molecule has 0 amide bonds. The van der Waals surface area contributed by atoms with Crippen molar-refractivity contribution in [1.82, 2.24) is 0 Å². The van der Waals surface area contributed by atoms with Crippen LogP contribution in [0.5, 0.6) is 5.75 Å². The first-order chi connectivity index (χ1) is 8.22. The molecule has 1 aromatic heterocycles. The summed E-state index contributed by atoms with van der Waals surface area (Å²) in [5.41, 5.74) is 0.870. The highest BCUT2D eigenvalue weighted by atomic mass is 16.4. The van der Waals surface area contributed by atoms with Gasteiger partial charge in [-0.15, -0.1) is 0 Å². The highest BCUT2D eigenvalue weighted by Crippen LogP contribution is 2.07. The molecule has 17 heavy (non-hydrogen) atoms. The summed E-state index contributed by atoms with van der Waals surface area (Å²) in [6.45, 7) is 2.06. The number of allylic oxidation sites excluding steroid dienone is 4. The molecule has 0 aliphatic heterocycles. The predicted octanol–water partition coefficient (Wildman–Crippen LogP) is 1.20. The molecule has 0 unspecified atom stereocenters. The van der Waals surface area contributed by atoms with E-state index in [2.05, 4.69) is 6.92 Å². The highest BCUT2D eigenvalue weighted by Gasteiger charge is 2.04. The normalized spacial score (nSPS) is 19.6. The van der Waals surface area contributed by atoms with Crippen LogP contribution < -0.4 is 16.3 Å². The maximum atomic E-state index is 11.3. The average molecular weight is 230 g/mol. The monoisotopic (exact) mass is 230 g/mol. The number of rotatable bonds is 2. The topological polar surface area (TPSA) is 50.4 Å². The van der Waals surface area contributed by atoms with Gasteiger partial charge in [-0.1, -0.05) is 37.6 Å². The lowest BCUT2D eigenvalue weighted by Crippen LogP contribution is -2.31. The zero-order chi connectivity index (χ0) is 12.3. The minimum absolute atomic E-state index is 0.0372. The summed E-state index contributed by atoms with van der Waals surface area (Å²) >= 11 is 0. The largest absolute Gasteiger partial charge is 0.507 e. The van der Waals surface area contributed by atoms with E-state index in [1.54, 1.807) is 12.2 Å². The lowest BCUT2D eigenvalue weighted by Gasteiger charge is -2.02. The third kappa shape index (κ3) is 2.38. The zero-order valence-electron chi connectivity index (χ0n) is 9.64. The number of hydrogen-bond donors (Lipinski definition) is 1. The third-order valence-corrected chi connectivity index (χ3v) is 2.57. The Kier molecular flexibility index (Phi) is 3.28. The molecule has 88 valence electrons. The highest BCUT2D eigenvalue weighted by molar-refractivity contribution is 5.59. The summed E-state index contributed by atoms with van der Waals surface area (Å²) in [6.07, 6.45) is 11.0. The van der Waals surface area contributed by atoms with Gasteiger partial charge in [0, 0.05) is 0 Å². The zero-order valence-corrected chi connectivity index (χ0v) is 9.64. The summed E-state index contributed by atoms with van der Waals surface area (Å²) in [5.74, 6) is -0.0372. The minimum atomic E-state index is -0.527. The Bertz CT molecular complexity index is 645. The third-order valence-electron chi connectivity index (χ3n) is 2.57. The van der Waals surface area contributed by atoms with E-state index in [9.17, 15) is 9.90 Å². The van der Waals surface area contributed by atoms with E-state index in [1.807, 2.05) is 18.2 Å². The van der Waals surface area contributed by atoms with Crippen molar-refractivity contribution in [2.75, 3.05) is 0 Å². The van der Waals surface area contributed by atoms with Gasteiger partial charge in [-0.25, -0.2) is 4.79 Å². The van der Waals surface area contributed by atoms with Crippen LogP contribution in [0.25, 0.3) is 11.6 Å². The molecule has 1 aromatic rings. The summed E-state index contributed by atoms with van der Waals surface area (Å²) < 4.78 is 5.21. The van der Waals surface area contributed by atoms with Gasteiger partial charge in [0.15, 0.2) is 0 Å². The van der Waals surface area contributed by atoms with Gasteiger partial charge in [0.05, 0.1) is 11.3 Å². The van der Waals surface area contributed by atoms with Crippen molar-refractivity contribution in [2.24, 2.45) is 0 Å². The molecule has 1 aliphatic rings. The van der Waals surface area contributed by atoms with Crippen LogP contribution in [0.4, 0.5) is 0 Å². The van der Waals surface area contributed by atoms with Crippen LogP contribution in [0, 0.1) is 0 Å². The van der Waals surface area contributed by atoms with Gasteiger partial charge >= 0.3 is 5.63 Å². The second-order valence-corrected chi connectivity index (χ2v) is 3.88. The number of aromatic hydroxyl groups is 1. The van der Waals surface area contributed by atoms with E-state index in [-0.39, 0.29) is 5.75 Å². The summed E-state index contributed by atoms with van der Waals surface area (Å²) in [7, 11) is 0. The van der Waals surface area contributed by atoms with Crippen LogP contribution in [0.1, 0.15) is 19.8 Å². The summed E-state index contributed by atoms with van der Waals surface area (Å²) in [5, 5.41) is 10.3.